The third-order valence-electron chi connectivity index (χ3n) is 3.92. The van der Waals surface area contributed by atoms with E-state index in [2.05, 4.69) is 5.32 Å². The van der Waals surface area contributed by atoms with Crippen molar-refractivity contribution in [3.05, 3.63) is 59.9 Å². The van der Waals surface area contributed by atoms with E-state index in [1.165, 1.54) is 18.2 Å². The van der Waals surface area contributed by atoms with Gasteiger partial charge in [-0.3, -0.25) is 9.10 Å². The maximum Gasteiger partial charge on any atom is 0.248 e. The molecule has 2 aromatic carbocycles. The van der Waals surface area contributed by atoms with Gasteiger partial charge in [0.05, 0.1) is 24.4 Å². The van der Waals surface area contributed by atoms with Crippen molar-refractivity contribution in [2.24, 2.45) is 0 Å². The molecule has 0 saturated heterocycles. The summed E-state index contributed by atoms with van der Waals surface area (Å²) in [4.78, 5) is 12.7. The van der Waals surface area contributed by atoms with Crippen molar-refractivity contribution in [2.45, 2.75) is 25.8 Å². The number of hydrogen-bond acceptors (Lipinski definition) is 4. The Labute approximate surface area is 158 Å². The zero-order valence-corrected chi connectivity index (χ0v) is 15.8. The number of nitrogens with zero attached hydrogens (tertiary/aromatic N) is 2. The number of carbonyl (C=O) groups excluding carboxylic acids is 1. The molecule has 0 aliphatic heterocycles. The van der Waals surface area contributed by atoms with E-state index in [-0.39, 0.29) is 18.5 Å². The quantitative estimate of drug-likeness (QED) is 0.788. The van der Waals surface area contributed by atoms with Crippen LogP contribution in [0.15, 0.2) is 48.5 Å². The predicted octanol–water partition coefficient (Wildman–Crippen LogP) is 3.08. The summed E-state index contributed by atoms with van der Waals surface area (Å²) in [6.07, 6.45) is 1.34. The number of hydrogen-bond donors (Lipinski definition) is 1. The van der Waals surface area contributed by atoms with E-state index in [1.54, 1.807) is 31.2 Å². The molecule has 0 spiro atoms. The van der Waals surface area contributed by atoms with Gasteiger partial charge in [0.1, 0.15) is 11.9 Å². The van der Waals surface area contributed by atoms with Gasteiger partial charge in [0.25, 0.3) is 0 Å². The first-order valence-corrected chi connectivity index (χ1v) is 10.1. The van der Waals surface area contributed by atoms with E-state index in [0.29, 0.717) is 5.69 Å². The fourth-order valence-electron chi connectivity index (χ4n) is 2.69. The van der Waals surface area contributed by atoms with Crippen molar-refractivity contribution in [1.82, 2.24) is 0 Å². The highest BCUT2D eigenvalue weighted by Crippen LogP contribution is 2.26. The Balaban J connectivity index is 2.32. The van der Waals surface area contributed by atoms with Gasteiger partial charge in [-0.05, 0) is 36.2 Å². The second-order valence-electron chi connectivity index (χ2n) is 5.96. The van der Waals surface area contributed by atoms with Gasteiger partial charge in [-0.2, -0.15) is 5.26 Å². The molecule has 1 atom stereocenters. The Morgan fingerprint density at radius 3 is 2.37 bits per heavy atom. The number of sulfonamides is 1. The average molecular weight is 389 g/mol. The zero-order chi connectivity index (χ0) is 20.0. The Kier molecular flexibility index (Phi) is 6.53. The number of halogens is 1. The summed E-state index contributed by atoms with van der Waals surface area (Å²) < 4.78 is 39.6. The molecule has 0 bridgehead atoms. The van der Waals surface area contributed by atoms with E-state index >= 15 is 0 Å². The summed E-state index contributed by atoms with van der Waals surface area (Å²) >= 11 is 0. The minimum absolute atomic E-state index is 0.153. The fourth-order valence-corrected chi connectivity index (χ4v) is 3.90. The maximum absolute atomic E-state index is 14.2. The molecule has 0 aliphatic rings. The highest BCUT2D eigenvalue weighted by Gasteiger charge is 2.33. The summed E-state index contributed by atoms with van der Waals surface area (Å²) in [7, 11) is -3.91. The van der Waals surface area contributed by atoms with Gasteiger partial charge < -0.3 is 5.32 Å². The molecular weight excluding hydrogens is 369 g/mol. The molecule has 1 amide bonds. The molecule has 0 aliphatic carbocycles. The molecule has 0 radical (unpaired) electrons. The van der Waals surface area contributed by atoms with Crippen LogP contribution >= 0.6 is 0 Å². The number of nitriles is 1. The Morgan fingerprint density at radius 2 is 1.85 bits per heavy atom. The summed E-state index contributed by atoms with van der Waals surface area (Å²) in [5.41, 5.74) is 1.08. The lowest BCUT2D eigenvalue weighted by Gasteiger charge is -2.30. The predicted molar refractivity (Wildman–Crippen MR) is 102 cm³/mol. The van der Waals surface area contributed by atoms with Gasteiger partial charge in [0, 0.05) is 5.69 Å². The smallest absolute Gasteiger partial charge is 0.248 e. The van der Waals surface area contributed by atoms with Gasteiger partial charge in [0.15, 0.2) is 0 Å². The first-order chi connectivity index (χ1) is 12.8. The molecule has 2 rings (SSSR count). The van der Waals surface area contributed by atoms with Crippen LogP contribution in [0.3, 0.4) is 0 Å². The summed E-state index contributed by atoms with van der Waals surface area (Å²) in [5, 5.41) is 11.3. The Hall–Kier alpha value is -2.92. The van der Waals surface area contributed by atoms with E-state index in [9.17, 15) is 17.6 Å². The van der Waals surface area contributed by atoms with E-state index in [1.807, 2.05) is 6.07 Å². The molecule has 0 heterocycles. The van der Waals surface area contributed by atoms with Gasteiger partial charge in [-0.25, -0.2) is 12.8 Å². The SMILES string of the molecule is CCC(C(=O)Nc1ccc(CC#N)cc1)N(c1ccccc1F)S(C)(=O)=O. The number of amides is 1. The van der Waals surface area contributed by atoms with Crippen LogP contribution in [0.1, 0.15) is 18.9 Å². The van der Waals surface area contributed by atoms with Gasteiger partial charge in [-0.15, -0.1) is 0 Å². The molecule has 0 saturated carbocycles. The molecule has 1 N–H and O–H groups in total. The third kappa shape index (κ3) is 5.05. The molecule has 0 aromatic heterocycles. The molecule has 27 heavy (non-hydrogen) atoms. The van der Waals surface area contributed by atoms with Gasteiger partial charge >= 0.3 is 0 Å². The van der Waals surface area contributed by atoms with Crippen LogP contribution in [0.2, 0.25) is 0 Å². The average Bonchev–Trinajstić information content (AvgIpc) is 2.61. The van der Waals surface area contributed by atoms with Crippen LogP contribution in [0, 0.1) is 17.1 Å². The van der Waals surface area contributed by atoms with Crippen LogP contribution < -0.4 is 9.62 Å². The lowest BCUT2D eigenvalue weighted by atomic mass is 10.1. The summed E-state index contributed by atoms with van der Waals surface area (Å²) in [5.74, 6) is -1.30. The molecule has 2 aromatic rings. The van der Waals surface area contributed by atoms with Crippen LogP contribution in [0.5, 0.6) is 0 Å². The van der Waals surface area contributed by atoms with Crippen molar-refractivity contribution >= 4 is 27.3 Å². The number of anilines is 2. The van der Waals surface area contributed by atoms with E-state index in [4.69, 9.17) is 5.26 Å². The highest BCUT2D eigenvalue weighted by atomic mass is 32.2. The molecule has 8 heteroatoms. The summed E-state index contributed by atoms with van der Waals surface area (Å²) in [6.45, 7) is 1.65. The van der Waals surface area contributed by atoms with E-state index in [0.717, 1.165) is 22.2 Å². The van der Waals surface area contributed by atoms with Crippen LogP contribution in [-0.4, -0.2) is 26.6 Å². The van der Waals surface area contributed by atoms with Gasteiger partial charge in [0.2, 0.25) is 15.9 Å². The summed E-state index contributed by atoms with van der Waals surface area (Å²) in [6, 6.07) is 13.0. The Bertz CT molecular complexity index is 953. The second-order valence-corrected chi connectivity index (χ2v) is 7.81. The first-order valence-electron chi connectivity index (χ1n) is 8.28. The number of rotatable bonds is 7. The topological polar surface area (TPSA) is 90.3 Å². The zero-order valence-electron chi connectivity index (χ0n) is 15.0. The minimum atomic E-state index is -3.91. The molecule has 1 unspecified atom stereocenters. The van der Waals surface area contributed by atoms with Crippen LogP contribution in [-0.2, 0) is 21.2 Å². The molecular formula is C19H20FN3O3S. The lowest BCUT2D eigenvalue weighted by Crippen LogP contribution is -2.47. The first kappa shape index (κ1) is 20.4. The molecule has 142 valence electrons. The number of nitrogens with one attached hydrogen (secondary N) is 1. The van der Waals surface area contributed by atoms with Crippen LogP contribution in [0.4, 0.5) is 15.8 Å². The van der Waals surface area contributed by atoms with Crippen molar-refractivity contribution in [2.75, 3.05) is 15.9 Å². The second kappa shape index (κ2) is 8.64. The van der Waals surface area contributed by atoms with Gasteiger partial charge in [-0.1, -0.05) is 31.2 Å². The largest absolute Gasteiger partial charge is 0.324 e. The molecule has 6 nitrogen and oxygen atoms in total. The standard InChI is InChI=1S/C19H20FN3O3S/c1-3-17(19(24)22-15-10-8-14(9-11-15)12-13-21)23(27(2,25)26)18-7-5-4-6-16(18)20/h4-11,17H,3,12H2,1-2H3,(H,22,24). The van der Waals surface area contributed by atoms with Crippen molar-refractivity contribution in [3.63, 3.8) is 0 Å². The number of benzene rings is 2. The fraction of sp³-hybridized carbons (Fsp3) is 0.263. The lowest BCUT2D eigenvalue weighted by molar-refractivity contribution is -0.117. The van der Waals surface area contributed by atoms with Crippen LogP contribution in [0.25, 0.3) is 0 Å². The number of para-hydroxylation sites is 1. The highest BCUT2D eigenvalue weighted by molar-refractivity contribution is 7.92. The monoisotopic (exact) mass is 389 g/mol. The maximum atomic E-state index is 14.2. The van der Waals surface area contributed by atoms with Crippen molar-refractivity contribution in [1.29, 1.82) is 5.26 Å². The number of carbonyl (C=O) groups is 1. The Morgan fingerprint density at radius 1 is 1.22 bits per heavy atom. The van der Waals surface area contributed by atoms with Crippen molar-refractivity contribution < 1.29 is 17.6 Å². The third-order valence-corrected chi connectivity index (χ3v) is 5.09. The molecule has 0 fully saturated rings. The van der Waals surface area contributed by atoms with Crippen molar-refractivity contribution in [3.8, 4) is 6.07 Å². The minimum Gasteiger partial charge on any atom is -0.324 e. The normalized spacial score (nSPS) is 12.1. The van der Waals surface area contributed by atoms with E-state index < -0.39 is 27.8 Å².